The van der Waals surface area contributed by atoms with E-state index in [-0.39, 0.29) is 0 Å². The molecule has 2 nitrogen and oxygen atoms in total. The number of aryl methyl sites for hydroxylation is 1. The molecule has 12 heavy (non-hydrogen) atoms. The Morgan fingerprint density at radius 3 is 2.75 bits per heavy atom. The second kappa shape index (κ2) is 8.68. The van der Waals surface area contributed by atoms with Crippen LogP contribution in [0.15, 0.2) is 11.7 Å². The molecule has 0 aromatic carbocycles. The third kappa shape index (κ3) is 5.27. The highest BCUT2D eigenvalue weighted by Crippen LogP contribution is 2.07. The van der Waals surface area contributed by atoms with Crippen molar-refractivity contribution in [3.63, 3.8) is 0 Å². The quantitative estimate of drug-likeness (QED) is 0.676. The fourth-order valence-electron chi connectivity index (χ4n) is 0.756. The van der Waals surface area contributed by atoms with Gasteiger partial charge in [-0.05, 0) is 12.8 Å². The summed E-state index contributed by atoms with van der Waals surface area (Å²) < 4.78 is 4.92. The first-order chi connectivity index (χ1) is 5.93. The fourth-order valence-corrected chi connectivity index (χ4v) is 1.40. The molecule has 1 aromatic rings. The molecule has 0 aliphatic rings. The highest BCUT2D eigenvalue weighted by Gasteiger charge is 1.92. The molecule has 0 N–H and O–H groups in total. The Hall–Kier alpha value is -0.410. The first-order valence-corrected chi connectivity index (χ1v) is 5.18. The molecule has 0 unspecified atom stereocenters. The molecule has 0 saturated carbocycles. The largest absolute Gasteiger partial charge is 0.385 e. The van der Waals surface area contributed by atoms with Crippen molar-refractivity contribution >= 4 is 11.3 Å². The van der Waals surface area contributed by atoms with Gasteiger partial charge in [0.1, 0.15) is 0 Å². The molecule has 3 heteroatoms. The van der Waals surface area contributed by atoms with Crippen LogP contribution >= 0.6 is 11.3 Å². The fraction of sp³-hybridized carbons (Fsp3) is 0.667. The number of aromatic nitrogens is 1. The topological polar surface area (TPSA) is 22.1 Å². The molecule has 0 aliphatic carbocycles. The third-order valence-electron chi connectivity index (χ3n) is 1.26. The Balaban J connectivity index is 0.000000561. The molecule has 1 heterocycles. The maximum absolute atomic E-state index is 4.92. The van der Waals surface area contributed by atoms with E-state index in [1.54, 1.807) is 18.4 Å². The van der Waals surface area contributed by atoms with Crippen LogP contribution in [0.3, 0.4) is 0 Å². The van der Waals surface area contributed by atoms with Crippen LogP contribution in [0, 0.1) is 0 Å². The molecule has 0 amide bonds. The van der Waals surface area contributed by atoms with Gasteiger partial charge in [0.05, 0.1) is 5.51 Å². The highest BCUT2D eigenvalue weighted by molar-refractivity contribution is 7.09. The summed E-state index contributed by atoms with van der Waals surface area (Å²) in [6.07, 6.45) is 4.11. The number of methoxy groups -OCH3 is 1. The summed E-state index contributed by atoms with van der Waals surface area (Å²) in [5, 5.41) is 0. The summed E-state index contributed by atoms with van der Waals surface area (Å²) in [7, 11) is 1.73. The summed E-state index contributed by atoms with van der Waals surface area (Å²) in [4.78, 5) is 5.32. The van der Waals surface area contributed by atoms with Crippen molar-refractivity contribution in [3.05, 3.63) is 16.6 Å². The van der Waals surface area contributed by atoms with Crippen molar-refractivity contribution in [2.75, 3.05) is 13.7 Å². The minimum absolute atomic E-state index is 0.845. The van der Waals surface area contributed by atoms with Gasteiger partial charge >= 0.3 is 0 Å². The van der Waals surface area contributed by atoms with Crippen molar-refractivity contribution in [1.82, 2.24) is 4.98 Å². The normalized spacial score (nSPS) is 8.92. The van der Waals surface area contributed by atoms with Crippen molar-refractivity contribution in [3.8, 4) is 0 Å². The molecule has 0 saturated heterocycles. The number of nitrogens with zero attached hydrogens (tertiary/aromatic N) is 1. The van der Waals surface area contributed by atoms with Gasteiger partial charge in [-0.3, -0.25) is 4.98 Å². The number of rotatable bonds is 4. The molecular weight excluding hydrogens is 170 g/mol. The van der Waals surface area contributed by atoms with E-state index in [9.17, 15) is 0 Å². The second-order valence-corrected chi connectivity index (χ2v) is 3.03. The predicted molar refractivity (Wildman–Crippen MR) is 53.7 cm³/mol. The Kier molecular flexibility index (Phi) is 8.39. The van der Waals surface area contributed by atoms with E-state index < -0.39 is 0 Å². The average Bonchev–Trinajstić information content (AvgIpc) is 2.61. The number of hydrogen-bond acceptors (Lipinski definition) is 3. The van der Waals surface area contributed by atoms with Crippen molar-refractivity contribution < 1.29 is 4.74 Å². The van der Waals surface area contributed by atoms with Crippen molar-refractivity contribution in [1.29, 1.82) is 0 Å². The van der Waals surface area contributed by atoms with Gasteiger partial charge in [0.2, 0.25) is 0 Å². The molecule has 1 aromatic heterocycles. The van der Waals surface area contributed by atoms with Gasteiger partial charge < -0.3 is 4.74 Å². The summed E-state index contributed by atoms with van der Waals surface area (Å²) in [6.45, 7) is 4.85. The van der Waals surface area contributed by atoms with Gasteiger partial charge in [0, 0.05) is 24.8 Å². The Morgan fingerprint density at radius 2 is 2.25 bits per heavy atom. The molecule has 1 rings (SSSR count). The van der Waals surface area contributed by atoms with Crippen LogP contribution in [0.2, 0.25) is 0 Å². The van der Waals surface area contributed by atoms with E-state index in [4.69, 9.17) is 4.74 Å². The monoisotopic (exact) mass is 187 g/mol. The summed E-state index contributed by atoms with van der Waals surface area (Å²) >= 11 is 1.71. The molecule has 0 radical (unpaired) electrons. The summed E-state index contributed by atoms with van der Waals surface area (Å²) in [5.41, 5.74) is 1.86. The minimum Gasteiger partial charge on any atom is -0.385 e. The maximum Gasteiger partial charge on any atom is 0.0794 e. The first kappa shape index (κ1) is 11.6. The van der Waals surface area contributed by atoms with Crippen LogP contribution < -0.4 is 0 Å². The molecule has 70 valence electrons. The van der Waals surface area contributed by atoms with Crippen LogP contribution in [0.4, 0.5) is 0 Å². The van der Waals surface area contributed by atoms with E-state index in [2.05, 4.69) is 4.98 Å². The standard InChI is InChI=1S/C7H11NOS.C2H6/c1-9-4-2-3-7-5-8-6-10-7;1-2/h5-6H,2-4H2,1H3;1-2H3. The zero-order valence-corrected chi connectivity index (χ0v) is 8.86. The van der Waals surface area contributed by atoms with E-state index in [0.717, 1.165) is 19.4 Å². The lowest BCUT2D eigenvalue weighted by Gasteiger charge is -1.94. The van der Waals surface area contributed by atoms with Crippen LogP contribution in [0.1, 0.15) is 25.1 Å². The SMILES string of the molecule is CC.COCCCc1cncs1. The molecule has 0 atom stereocenters. The zero-order chi connectivity index (χ0) is 9.23. The van der Waals surface area contributed by atoms with Gasteiger partial charge in [0.25, 0.3) is 0 Å². The van der Waals surface area contributed by atoms with Gasteiger partial charge in [-0.15, -0.1) is 11.3 Å². The van der Waals surface area contributed by atoms with E-state index in [0.29, 0.717) is 0 Å². The van der Waals surface area contributed by atoms with Crippen LogP contribution in [0.25, 0.3) is 0 Å². The smallest absolute Gasteiger partial charge is 0.0794 e. The number of ether oxygens (including phenoxy) is 1. The zero-order valence-electron chi connectivity index (χ0n) is 8.04. The lowest BCUT2D eigenvalue weighted by Crippen LogP contribution is -1.89. The third-order valence-corrected chi connectivity index (χ3v) is 2.09. The predicted octanol–water partition coefficient (Wildman–Crippen LogP) is 2.75. The minimum atomic E-state index is 0.845. The first-order valence-electron chi connectivity index (χ1n) is 4.30. The van der Waals surface area contributed by atoms with E-state index in [1.165, 1.54) is 4.88 Å². The average molecular weight is 187 g/mol. The lowest BCUT2D eigenvalue weighted by molar-refractivity contribution is 0.195. The van der Waals surface area contributed by atoms with Gasteiger partial charge in [-0.1, -0.05) is 13.8 Å². The van der Waals surface area contributed by atoms with Crippen molar-refractivity contribution in [2.45, 2.75) is 26.7 Å². The molecule has 0 fully saturated rings. The number of thiazole rings is 1. The molecule has 0 bridgehead atoms. The van der Waals surface area contributed by atoms with Gasteiger partial charge in [-0.2, -0.15) is 0 Å². The summed E-state index contributed by atoms with van der Waals surface area (Å²) in [6, 6.07) is 0. The molecule has 0 spiro atoms. The maximum atomic E-state index is 4.92. The van der Waals surface area contributed by atoms with Crippen LogP contribution in [-0.2, 0) is 11.2 Å². The van der Waals surface area contributed by atoms with E-state index in [1.807, 2.05) is 25.6 Å². The Bertz CT molecular complexity index is 163. The summed E-state index contributed by atoms with van der Waals surface area (Å²) in [5.74, 6) is 0. The lowest BCUT2D eigenvalue weighted by atomic mass is 10.3. The Morgan fingerprint density at radius 1 is 1.50 bits per heavy atom. The molecular formula is C9H17NOS. The van der Waals surface area contributed by atoms with E-state index >= 15 is 0 Å². The number of hydrogen-bond donors (Lipinski definition) is 0. The molecule has 0 aliphatic heterocycles. The second-order valence-electron chi connectivity index (χ2n) is 2.06. The van der Waals surface area contributed by atoms with Crippen LogP contribution in [-0.4, -0.2) is 18.7 Å². The Labute approximate surface area is 78.6 Å². The van der Waals surface area contributed by atoms with Crippen LogP contribution in [0.5, 0.6) is 0 Å². The van der Waals surface area contributed by atoms with Gasteiger partial charge in [-0.25, -0.2) is 0 Å². The van der Waals surface area contributed by atoms with Crippen molar-refractivity contribution in [2.24, 2.45) is 0 Å². The van der Waals surface area contributed by atoms with Gasteiger partial charge in [0.15, 0.2) is 0 Å². The highest BCUT2D eigenvalue weighted by atomic mass is 32.1.